The van der Waals surface area contributed by atoms with Crippen molar-refractivity contribution in [1.29, 1.82) is 0 Å². The lowest BCUT2D eigenvalue weighted by Crippen LogP contribution is -2.60. The van der Waals surface area contributed by atoms with E-state index < -0.39 is 0 Å². The van der Waals surface area contributed by atoms with Gasteiger partial charge < -0.3 is 20.1 Å². The van der Waals surface area contributed by atoms with Crippen molar-refractivity contribution >= 4 is 17.8 Å². The highest BCUT2D eigenvalue weighted by molar-refractivity contribution is 5.62. The van der Waals surface area contributed by atoms with Crippen LogP contribution in [0, 0.1) is 23.7 Å². The second-order valence-electron chi connectivity index (χ2n) is 9.20. The summed E-state index contributed by atoms with van der Waals surface area (Å²) in [5, 5.41) is 0. The smallest absolute Gasteiger partial charge is 0.292 e. The van der Waals surface area contributed by atoms with Gasteiger partial charge in [0, 0.05) is 44.0 Å². The molecule has 1 saturated heterocycles. The van der Waals surface area contributed by atoms with E-state index in [9.17, 15) is 0 Å². The van der Waals surface area contributed by atoms with Crippen LogP contribution in [0.3, 0.4) is 0 Å². The molecule has 0 aromatic heterocycles. The van der Waals surface area contributed by atoms with Crippen LogP contribution in [-0.4, -0.2) is 57.8 Å². The molecule has 6 heteroatoms. The Balaban J connectivity index is 0.000000472. The van der Waals surface area contributed by atoms with Crippen LogP contribution in [0.1, 0.15) is 32.1 Å². The highest BCUT2D eigenvalue weighted by atomic mass is 16.5. The summed E-state index contributed by atoms with van der Waals surface area (Å²) in [5.41, 5.74) is 7.93. The van der Waals surface area contributed by atoms with Crippen LogP contribution in [0.4, 0.5) is 11.4 Å². The van der Waals surface area contributed by atoms with Gasteiger partial charge in [0.2, 0.25) is 0 Å². The molecule has 0 spiro atoms. The number of ether oxygens (including phenoxy) is 2. The van der Waals surface area contributed by atoms with Crippen LogP contribution in [-0.2, 0) is 9.53 Å². The van der Waals surface area contributed by atoms with Crippen molar-refractivity contribution in [3.63, 3.8) is 0 Å². The molecule has 1 aromatic carbocycles. The van der Waals surface area contributed by atoms with Gasteiger partial charge in [-0.05, 0) is 67.9 Å². The van der Waals surface area contributed by atoms with E-state index in [1.807, 2.05) is 6.07 Å². The average molecular weight is 402 g/mol. The Labute approximate surface area is 174 Å². The van der Waals surface area contributed by atoms with Gasteiger partial charge >= 0.3 is 0 Å². The van der Waals surface area contributed by atoms with Crippen molar-refractivity contribution in [2.45, 2.75) is 38.1 Å². The first-order valence-corrected chi connectivity index (χ1v) is 11.0. The van der Waals surface area contributed by atoms with Crippen molar-refractivity contribution < 1.29 is 14.3 Å². The number of nitrogens with zero attached hydrogens (tertiary/aromatic N) is 2. The number of nitrogens with two attached hydrogens (primary N) is 1. The van der Waals surface area contributed by atoms with E-state index in [-0.39, 0.29) is 0 Å². The highest BCUT2D eigenvalue weighted by Crippen LogP contribution is 2.55. The van der Waals surface area contributed by atoms with Gasteiger partial charge in [-0.25, -0.2) is 0 Å². The number of methoxy groups -OCH3 is 2. The quantitative estimate of drug-likeness (QED) is 0.618. The second kappa shape index (κ2) is 8.82. The minimum atomic E-state index is 0.375. The molecule has 1 heterocycles. The fraction of sp³-hybridized carbons (Fsp3) is 0.696. The first-order valence-electron chi connectivity index (χ1n) is 11.0. The molecule has 0 atom stereocenters. The zero-order chi connectivity index (χ0) is 20.4. The number of nitrogen functional groups attached to an aromatic ring is 1. The Morgan fingerprint density at radius 2 is 1.55 bits per heavy atom. The second-order valence-corrected chi connectivity index (χ2v) is 9.20. The third-order valence-corrected chi connectivity index (χ3v) is 7.59. The summed E-state index contributed by atoms with van der Waals surface area (Å²) >= 11 is 0. The standard InChI is InChI=1S/C21H31N3O.C2H4O2/c1-25-20-13-18(2-3-19(20)22)23-4-6-24(7-5-23)21-16-9-14-8-15(11-16)12-17(21)10-14;1-4-2-3/h2-3,13-17,21H,4-12,22H2,1H3;2H,1H3. The molecule has 5 fully saturated rings. The normalized spacial score (nSPS) is 33.0. The maximum absolute atomic E-state index is 8.95. The maximum atomic E-state index is 8.95. The third-order valence-electron chi connectivity index (χ3n) is 7.59. The number of rotatable bonds is 4. The predicted octanol–water partition coefficient (Wildman–Crippen LogP) is 3.01. The van der Waals surface area contributed by atoms with Gasteiger partial charge in [-0.3, -0.25) is 9.69 Å². The van der Waals surface area contributed by atoms with Crippen LogP contribution in [0.2, 0.25) is 0 Å². The van der Waals surface area contributed by atoms with Crippen LogP contribution in [0.5, 0.6) is 5.75 Å². The molecule has 29 heavy (non-hydrogen) atoms. The molecule has 0 unspecified atom stereocenters. The molecule has 1 aromatic rings. The largest absolute Gasteiger partial charge is 0.495 e. The fourth-order valence-corrected chi connectivity index (χ4v) is 6.67. The Morgan fingerprint density at radius 3 is 2.07 bits per heavy atom. The van der Waals surface area contributed by atoms with E-state index in [0.29, 0.717) is 6.47 Å². The molecule has 4 aliphatic carbocycles. The van der Waals surface area contributed by atoms with Crippen molar-refractivity contribution in [1.82, 2.24) is 4.90 Å². The summed E-state index contributed by atoms with van der Waals surface area (Å²) < 4.78 is 9.26. The number of carbonyl (C=O) groups excluding carboxylic acids is 1. The van der Waals surface area contributed by atoms with E-state index in [1.165, 1.54) is 51.6 Å². The molecule has 4 saturated carbocycles. The average Bonchev–Trinajstić information content (AvgIpc) is 2.74. The predicted molar refractivity (Wildman–Crippen MR) is 115 cm³/mol. The fourth-order valence-electron chi connectivity index (χ4n) is 6.67. The molecule has 4 bridgehead atoms. The summed E-state index contributed by atoms with van der Waals surface area (Å²) in [6.45, 7) is 5.03. The zero-order valence-corrected chi connectivity index (χ0v) is 17.8. The van der Waals surface area contributed by atoms with Crippen molar-refractivity contribution in [2.75, 3.05) is 51.0 Å². The van der Waals surface area contributed by atoms with Gasteiger partial charge in [0.25, 0.3) is 6.47 Å². The number of hydrogen-bond acceptors (Lipinski definition) is 6. The van der Waals surface area contributed by atoms with E-state index in [1.54, 1.807) is 13.5 Å². The van der Waals surface area contributed by atoms with Gasteiger partial charge in [0.15, 0.2) is 0 Å². The van der Waals surface area contributed by atoms with Gasteiger partial charge in [0.1, 0.15) is 5.75 Å². The van der Waals surface area contributed by atoms with Crippen molar-refractivity contribution in [2.24, 2.45) is 23.7 Å². The lowest BCUT2D eigenvalue weighted by Gasteiger charge is -2.58. The Bertz CT molecular complexity index is 675. The molecule has 0 radical (unpaired) electrons. The highest BCUT2D eigenvalue weighted by Gasteiger charge is 2.50. The van der Waals surface area contributed by atoms with E-state index in [4.69, 9.17) is 15.3 Å². The van der Waals surface area contributed by atoms with E-state index in [0.717, 1.165) is 54.2 Å². The number of hydrogen-bond donors (Lipinski definition) is 1. The Hall–Kier alpha value is -1.95. The third kappa shape index (κ3) is 4.18. The monoisotopic (exact) mass is 401 g/mol. The molecule has 160 valence electrons. The van der Waals surface area contributed by atoms with Crippen LogP contribution in [0.15, 0.2) is 18.2 Å². The first-order chi connectivity index (χ1) is 14.1. The summed E-state index contributed by atoms with van der Waals surface area (Å²) in [5.74, 6) is 4.93. The summed E-state index contributed by atoms with van der Waals surface area (Å²) in [6, 6.07) is 7.08. The number of anilines is 2. The molecule has 6 rings (SSSR count). The lowest BCUT2D eigenvalue weighted by atomic mass is 9.54. The van der Waals surface area contributed by atoms with Gasteiger partial charge in [-0.15, -0.1) is 0 Å². The van der Waals surface area contributed by atoms with Crippen LogP contribution < -0.4 is 15.4 Å². The van der Waals surface area contributed by atoms with Crippen molar-refractivity contribution in [3.8, 4) is 5.75 Å². The first kappa shape index (κ1) is 20.3. The van der Waals surface area contributed by atoms with E-state index in [2.05, 4.69) is 26.7 Å². The number of piperazine rings is 1. The minimum absolute atomic E-state index is 0.375. The molecule has 0 amide bonds. The van der Waals surface area contributed by atoms with Crippen molar-refractivity contribution in [3.05, 3.63) is 18.2 Å². The Morgan fingerprint density at radius 1 is 0.966 bits per heavy atom. The molecule has 1 aliphatic heterocycles. The molecular formula is C23H35N3O3. The summed E-state index contributed by atoms with van der Waals surface area (Å²) in [6.07, 6.45) is 7.63. The van der Waals surface area contributed by atoms with Gasteiger partial charge in [-0.1, -0.05) is 0 Å². The number of carbonyl (C=O) groups is 1. The maximum Gasteiger partial charge on any atom is 0.292 e. The van der Waals surface area contributed by atoms with Crippen LogP contribution >= 0.6 is 0 Å². The molecule has 5 aliphatic rings. The number of benzene rings is 1. The minimum Gasteiger partial charge on any atom is -0.495 e. The topological polar surface area (TPSA) is 68.0 Å². The zero-order valence-electron chi connectivity index (χ0n) is 17.8. The summed E-state index contributed by atoms with van der Waals surface area (Å²) in [4.78, 5) is 14.3. The molecule has 2 N–H and O–H groups in total. The SMILES string of the molecule is COC=O.COc1cc(N2CCN(C3C4CC5CC(C4)CC3C5)CC2)ccc1N. The van der Waals surface area contributed by atoms with Gasteiger partial charge in [0.05, 0.1) is 19.9 Å². The summed E-state index contributed by atoms with van der Waals surface area (Å²) in [7, 11) is 3.01. The molecule has 6 nitrogen and oxygen atoms in total. The van der Waals surface area contributed by atoms with E-state index >= 15 is 0 Å². The molecular weight excluding hydrogens is 366 g/mol. The van der Waals surface area contributed by atoms with Crippen LogP contribution in [0.25, 0.3) is 0 Å². The van der Waals surface area contributed by atoms with Gasteiger partial charge in [-0.2, -0.15) is 0 Å². The Kier molecular flexibility index (Phi) is 6.18. The lowest BCUT2D eigenvalue weighted by molar-refractivity contribution is -0.126.